The van der Waals surface area contributed by atoms with Crippen LogP contribution in [-0.2, 0) is 9.47 Å². The molecule has 1 unspecified atom stereocenters. The average molecular weight is 483 g/mol. The Balaban J connectivity index is 0.000000438. The Labute approximate surface area is 209 Å². The predicted molar refractivity (Wildman–Crippen MR) is 144 cm³/mol. The first-order chi connectivity index (χ1) is 17.1. The zero-order valence-corrected chi connectivity index (χ0v) is 21.9. The first-order valence-corrected chi connectivity index (χ1v) is 13.2. The van der Waals surface area contributed by atoms with Crippen molar-refractivity contribution in [1.82, 2.24) is 19.7 Å². The van der Waals surface area contributed by atoms with Crippen molar-refractivity contribution in [2.45, 2.75) is 72.4 Å². The molecule has 2 fully saturated rings. The Morgan fingerprint density at radius 1 is 0.943 bits per heavy atom. The molecule has 192 valence electrons. The van der Waals surface area contributed by atoms with Crippen molar-refractivity contribution in [2.24, 2.45) is 0 Å². The molecule has 5 rings (SSSR count). The number of hydrogen-bond acceptors (Lipinski definition) is 7. The number of benzene rings is 1. The first kappa shape index (κ1) is 26.9. The lowest BCUT2D eigenvalue weighted by molar-refractivity contribution is -0.0370. The molecule has 0 radical (unpaired) electrons. The van der Waals surface area contributed by atoms with Gasteiger partial charge in [0.25, 0.3) is 0 Å². The Kier molecular flexibility index (Phi) is 10.8. The van der Waals surface area contributed by atoms with Crippen LogP contribution in [0.5, 0.6) is 0 Å². The third-order valence-electron chi connectivity index (χ3n) is 5.84. The second-order valence-corrected chi connectivity index (χ2v) is 8.95. The van der Waals surface area contributed by atoms with Gasteiger partial charge in [-0.25, -0.2) is 14.6 Å². The number of nitrogen functional groups attached to an aromatic ring is 1. The summed E-state index contributed by atoms with van der Waals surface area (Å²) in [5.74, 6) is 1.58. The minimum Gasteiger partial charge on any atom is -0.399 e. The minimum atomic E-state index is -0.0713. The van der Waals surface area contributed by atoms with Gasteiger partial charge in [0, 0.05) is 30.9 Å². The number of morpholine rings is 1. The van der Waals surface area contributed by atoms with Crippen LogP contribution in [-0.4, -0.2) is 52.7 Å². The number of hydrogen-bond donors (Lipinski definition) is 1. The van der Waals surface area contributed by atoms with Gasteiger partial charge in [-0.3, -0.25) is 0 Å². The summed E-state index contributed by atoms with van der Waals surface area (Å²) >= 11 is 0. The maximum atomic E-state index is 5.97. The van der Waals surface area contributed by atoms with Crippen molar-refractivity contribution < 1.29 is 9.47 Å². The lowest BCUT2D eigenvalue weighted by Crippen LogP contribution is -2.37. The molecule has 8 nitrogen and oxygen atoms in total. The molecule has 0 aliphatic carbocycles. The summed E-state index contributed by atoms with van der Waals surface area (Å²) in [6.45, 7) is 12.4. The van der Waals surface area contributed by atoms with Gasteiger partial charge >= 0.3 is 0 Å². The van der Waals surface area contributed by atoms with E-state index in [0.717, 1.165) is 67.1 Å². The highest BCUT2D eigenvalue weighted by Gasteiger charge is 2.24. The van der Waals surface area contributed by atoms with E-state index in [-0.39, 0.29) is 6.23 Å². The smallest absolute Gasteiger partial charge is 0.166 e. The number of unbranched alkanes of at least 4 members (excludes halogenated alkanes) is 1. The lowest BCUT2D eigenvalue weighted by atomic mass is 10.2. The van der Waals surface area contributed by atoms with Crippen molar-refractivity contribution >= 4 is 22.5 Å². The van der Waals surface area contributed by atoms with Crippen LogP contribution in [0.1, 0.15) is 72.4 Å². The van der Waals surface area contributed by atoms with E-state index in [0.29, 0.717) is 19.0 Å². The normalized spacial score (nSPS) is 17.8. The van der Waals surface area contributed by atoms with Crippen molar-refractivity contribution in [3.63, 3.8) is 0 Å². The lowest BCUT2D eigenvalue weighted by Gasteiger charge is -2.28. The maximum Gasteiger partial charge on any atom is 0.166 e. The molecule has 0 saturated carbocycles. The molecule has 2 N–H and O–H groups in total. The van der Waals surface area contributed by atoms with Crippen molar-refractivity contribution in [1.29, 1.82) is 0 Å². The summed E-state index contributed by atoms with van der Waals surface area (Å²) in [5, 5.41) is 5.59. The predicted octanol–water partition coefficient (Wildman–Crippen LogP) is 5.83. The number of ether oxygens (including phenoxy) is 2. The van der Waals surface area contributed by atoms with Crippen LogP contribution in [0.15, 0.2) is 30.5 Å². The third-order valence-corrected chi connectivity index (χ3v) is 5.84. The SMILES string of the molecule is CCC.CCCC.Nc1ccc(-c2nc(N3CCOCC3)c3cnn(C4CCCCO4)c3n2)cc1. The van der Waals surface area contributed by atoms with Gasteiger partial charge in [0.05, 0.1) is 24.8 Å². The number of aromatic nitrogens is 4. The van der Waals surface area contributed by atoms with E-state index >= 15 is 0 Å². The van der Waals surface area contributed by atoms with Gasteiger partial charge in [0.15, 0.2) is 17.7 Å². The molecule has 8 heteroatoms. The summed E-state index contributed by atoms with van der Waals surface area (Å²) in [4.78, 5) is 12.0. The Morgan fingerprint density at radius 3 is 2.23 bits per heavy atom. The van der Waals surface area contributed by atoms with Gasteiger partial charge in [0.1, 0.15) is 5.82 Å². The molecular formula is C27H42N6O2. The number of nitrogens with zero attached hydrogens (tertiary/aromatic N) is 5. The molecule has 0 bridgehead atoms. The Hall–Kier alpha value is -2.71. The summed E-state index contributed by atoms with van der Waals surface area (Å²) in [6.07, 6.45) is 8.87. The Bertz CT molecular complexity index is 1010. The van der Waals surface area contributed by atoms with Gasteiger partial charge < -0.3 is 20.1 Å². The molecule has 4 heterocycles. The van der Waals surface area contributed by atoms with Crippen molar-refractivity contribution in [3.8, 4) is 11.4 Å². The maximum absolute atomic E-state index is 5.97. The fourth-order valence-electron chi connectivity index (χ4n) is 3.82. The van der Waals surface area contributed by atoms with E-state index in [9.17, 15) is 0 Å². The van der Waals surface area contributed by atoms with Crippen LogP contribution >= 0.6 is 0 Å². The van der Waals surface area contributed by atoms with Crippen LogP contribution in [0.4, 0.5) is 11.5 Å². The highest BCUT2D eigenvalue weighted by Crippen LogP contribution is 2.32. The van der Waals surface area contributed by atoms with Crippen LogP contribution < -0.4 is 10.6 Å². The number of anilines is 2. The van der Waals surface area contributed by atoms with Crippen LogP contribution in [0.2, 0.25) is 0 Å². The summed E-state index contributed by atoms with van der Waals surface area (Å²) < 4.78 is 13.4. The molecule has 0 amide bonds. The number of nitrogens with two attached hydrogens (primary N) is 1. The van der Waals surface area contributed by atoms with Crippen LogP contribution in [0.25, 0.3) is 22.4 Å². The second kappa shape index (κ2) is 14.0. The minimum absolute atomic E-state index is 0.0713. The molecule has 2 aliphatic rings. The van der Waals surface area contributed by atoms with E-state index in [4.69, 9.17) is 25.2 Å². The number of rotatable bonds is 4. The molecule has 1 atom stereocenters. The quantitative estimate of drug-likeness (QED) is 0.468. The molecule has 2 saturated heterocycles. The largest absolute Gasteiger partial charge is 0.399 e. The standard InChI is InChI=1S/C20H24N6O2.C4H10.C3H8/c21-15-6-4-14(5-7-15)18-23-19(25-8-11-27-12-9-25)16-13-22-26(20(16)24-18)17-3-1-2-10-28-17;1-3-4-2;1-3-2/h4-7,13,17H,1-3,8-12,21H2;3-4H2,1-2H3;3H2,1-2H3. The van der Waals surface area contributed by atoms with E-state index in [1.807, 2.05) is 35.1 Å². The first-order valence-electron chi connectivity index (χ1n) is 13.2. The van der Waals surface area contributed by atoms with E-state index < -0.39 is 0 Å². The van der Waals surface area contributed by atoms with Crippen molar-refractivity contribution in [3.05, 3.63) is 30.5 Å². The molecule has 1 aromatic carbocycles. The van der Waals surface area contributed by atoms with Crippen LogP contribution in [0.3, 0.4) is 0 Å². The Morgan fingerprint density at radius 2 is 1.63 bits per heavy atom. The monoisotopic (exact) mass is 482 g/mol. The summed E-state index contributed by atoms with van der Waals surface area (Å²) in [6, 6.07) is 7.66. The highest BCUT2D eigenvalue weighted by atomic mass is 16.5. The summed E-state index contributed by atoms with van der Waals surface area (Å²) in [5.41, 5.74) is 8.32. The fraction of sp³-hybridized carbons (Fsp3) is 0.593. The zero-order valence-electron chi connectivity index (χ0n) is 21.9. The van der Waals surface area contributed by atoms with Gasteiger partial charge in [0.2, 0.25) is 0 Å². The van der Waals surface area contributed by atoms with Gasteiger partial charge in [-0.2, -0.15) is 5.10 Å². The van der Waals surface area contributed by atoms with E-state index in [1.54, 1.807) is 0 Å². The molecular weight excluding hydrogens is 440 g/mol. The highest BCUT2D eigenvalue weighted by molar-refractivity contribution is 5.89. The van der Waals surface area contributed by atoms with Crippen LogP contribution in [0, 0.1) is 0 Å². The van der Waals surface area contributed by atoms with E-state index in [1.165, 1.54) is 19.3 Å². The van der Waals surface area contributed by atoms with Gasteiger partial charge in [-0.15, -0.1) is 0 Å². The van der Waals surface area contributed by atoms with Gasteiger partial charge in [-0.05, 0) is 43.5 Å². The molecule has 2 aromatic heterocycles. The molecule has 3 aromatic rings. The van der Waals surface area contributed by atoms with Crippen molar-refractivity contribution in [2.75, 3.05) is 43.5 Å². The zero-order chi connectivity index (χ0) is 25.0. The summed E-state index contributed by atoms with van der Waals surface area (Å²) in [7, 11) is 0. The molecule has 35 heavy (non-hydrogen) atoms. The molecule has 2 aliphatic heterocycles. The second-order valence-electron chi connectivity index (χ2n) is 8.95. The van der Waals surface area contributed by atoms with E-state index in [2.05, 4.69) is 37.7 Å². The average Bonchev–Trinajstić information content (AvgIpc) is 3.34. The third kappa shape index (κ3) is 7.15. The fourth-order valence-corrected chi connectivity index (χ4v) is 3.82. The number of fused-ring (bicyclic) bond motifs is 1. The topological polar surface area (TPSA) is 91.3 Å². The molecule has 0 spiro atoms. The van der Waals surface area contributed by atoms with Gasteiger partial charge in [-0.1, -0.05) is 47.0 Å².